The van der Waals surface area contributed by atoms with E-state index in [9.17, 15) is 5.11 Å². The van der Waals surface area contributed by atoms with Gasteiger partial charge in [-0.2, -0.15) is 0 Å². The molecule has 0 unspecified atom stereocenters. The Balaban J connectivity index is 2.33. The number of phenolic OH excluding ortho intramolecular Hbond substituents is 1. The van der Waals surface area contributed by atoms with Gasteiger partial charge in [-0.25, -0.2) is 0 Å². The van der Waals surface area contributed by atoms with E-state index in [2.05, 4.69) is 34.6 Å². The van der Waals surface area contributed by atoms with Crippen molar-refractivity contribution in [3.63, 3.8) is 0 Å². The maximum Gasteiger partial charge on any atom is 0.141 e. The zero-order chi connectivity index (χ0) is 17.3. The van der Waals surface area contributed by atoms with Crippen LogP contribution in [0.2, 0.25) is 0 Å². The molecule has 0 spiro atoms. The fourth-order valence-electron chi connectivity index (χ4n) is 3.13. The van der Waals surface area contributed by atoms with Gasteiger partial charge in [0.15, 0.2) is 0 Å². The number of hydrogen-bond acceptors (Lipinski definition) is 4. The second kappa shape index (κ2) is 6.35. The highest BCUT2D eigenvalue weighted by Crippen LogP contribution is 2.40. The molecule has 24 heavy (non-hydrogen) atoms. The van der Waals surface area contributed by atoms with Crippen molar-refractivity contribution >= 4 is 6.72 Å². The van der Waals surface area contributed by atoms with Crippen molar-refractivity contribution in [3.8, 4) is 28.0 Å². The smallest absolute Gasteiger partial charge is 0.141 e. The molecule has 0 atom stereocenters. The van der Waals surface area contributed by atoms with E-state index in [1.807, 2.05) is 26.0 Å². The fraction of sp³-hybridized carbons (Fsp3) is 0.263. The van der Waals surface area contributed by atoms with Gasteiger partial charge < -0.3 is 14.2 Å². The van der Waals surface area contributed by atoms with Gasteiger partial charge in [0.05, 0.1) is 12.2 Å². The van der Waals surface area contributed by atoms with Gasteiger partial charge in [-0.1, -0.05) is 17.3 Å². The summed E-state index contributed by atoms with van der Waals surface area (Å²) < 4.78 is 7.57. The van der Waals surface area contributed by atoms with Gasteiger partial charge in [-0.15, -0.1) is 0 Å². The van der Waals surface area contributed by atoms with Gasteiger partial charge in [0.1, 0.15) is 11.5 Å². The van der Waals surface area contributed by atoms with Crippen LogP contribution < -0.4 is 0 Å². The maximum atomic E-state index is 9.58. The summed E-state index contributed by atoms with van der Waals surface area (Å²) in [6.45, 7) is 11.0. The minimum absolute atomic E-state index is 0.251. The lowest BCUT2D eigenvalue weighted by atomic mass is 9.95. The van der Waals surface area contributed by atoms with Crippen molar-refractivity contribution in [1.29, 1.82) is 0 Å². The Morgan fingerprint density at radius 1 is 1.21 bits per heavy atom. The minimum Gasteiger partial charge on any atom is -0.508 e. The van der Waals surface area contributed by atoms with Gasteiger partial charge in [0, 0.05) is 35.1 Å². The Kier molecular flexibility index (Phi) is 4.25. The van der Waals surface area contributed by atoms with E-state index in [1.54, 1.807) is 12.1 Å². The van der Waals surface area contributed by atoms with Crippen LogP contribution in [0.25, 0.3) is 22.3 Å². The molecule has 0 saturated heterocycles. The van der Waals surface area contributed by atoms with E-state index in [0.717, 1.165) is 45.9 Å². The van der Waals surface area contributed by atoms with E-state index in [4.69, 9.17) is 4.52 Å². The van der Waals surface area contributed by atoms with E-state index >= 15 is 0 Å². The summed E-state index contributed by atoms with van der Waals surface area (Å²) in [5, 5.41) is 13.7. The van der Waals surface area contributed by atoms with E-state index < -0.39 is 0 Å². The molecule has 0 aliphatic carbocycles. The Labute approximate surface area is 141 Å². The van der Waals surface area contributed by atoms with Crippen molar-refractivity contribution in [2.45, 2.75) is 33.9 Å². The van der Waals surface area contributed by atoms with Gasteiger partial charge in [-0.05, 0) is 45.2 Å². The zero-order valence-electron chi connectivity index (χ0n) is 14.2. The van der Waals surface area contributed by atoms with Crippen LogP contribution in [0.3, 0.4) is 0 Å². The molecule has 5 heteroatoms. The second-order valence-electron chi connectivity index (χ2n) is 5.78. The van der Waals surface area contributed by atoms with Crippen LogP contribution in [-0.2, 0) is 13.1 Å². The minimum atomic E-state index is 0.251. The zero-order valence-corrected chi connectivity index (χ0v) is 14.2. The predicted molar refractivity (Wildman–Crippen MR) is 95.4 cm³/mol. The van der Waals surface area contributed by atoms with Crippen LogP contribution in [0, 0.1) is 13.8 Å². The third-order valence-electron chi connectivity index (χ3n) is 4.25. The maximum absolute atomic E-state index is 9.58. The third-order valence-corrected chi connectivity index (χ3v) is 4.25. The van der Waals surface area contributed by atoms with Crippen molar-refractivity contribution < 1.29 is 9.63 Å². The molecule has 5 nitrogen and oxygen atoms in total. The largest absolute Gasteiger partial charge is 0.508 e. The molecular weight excluding hydrogens is 302 g/mol. The Bertz CT molecular complexity index is 853. The Morgan fingerprint density at radius 2 is 1.92 bits per heavy atom. The number of benzene rings is 1. The van der Waals surface area contributed by atoms with Crippen LogP contribution >= 0.6 is 0 Å². The molecule has 0 aliphatic rings. The topological polar surface area (TPSA) is 63.6 Å². The van der Waals surface area contributed by atoms with Crippen LogP contribution in [0.1, 0.15) is 24.1 Å². The monoisotopic (exact) mass is 323 g/mol. The standard InChI is InChI=1S/C19H21N3O2/c1-5-22-11-16(14-6-8-15(23)9-7-14)19(17(22)10-20-4)18-12(2)21-24-13(18)3/h6-9,11,23H,4-5,10H2,1-3H3. The fourth-order valence-corrected chi connectivity index (χ4v) is 3.13. The molecule has 1 N–H and O–H groups in total. The molecule has 2 heterocycles. The number of aromatic hydroxyl groups is 1. The Morgan fingerprint density at radius 3 is 2.46 bits per heavy atom. The summed E-state index contributed by atoms with van der Waals surface area (Å²) in [6, 6.07) is 7.22. The summed E-state index contributed by atoms with van der Waals surface area (Å²) in [7, 11) is 0. The highest BCUT2D eigenvalue weighted by atomic mass is 16.5. The molecular formula is C19H21N3O2. The molecule has 0 amide bonds. The summed E-state index contributed by atoms with van der Waals surface area (Å²) in [6.07, 6.45) is 2.12. The predicted octanol–water partition coefficient (Wildman–Crippen LogP) is 4.35. The first-order valence-corrected chi connectivity index (χ1v) is 7.94. The SMILES string of the molecule is C=NCc1c(-c2c(C)noc2C)c(-c2ccc(O)cc2)cn1CC. The summed E-state index contributed by atoms with van der Waals surface area (Å²) in [5.41, 5.74) is 6.12. The van der Waals surface area contributed by atoms with Crippen molar-refractivity contribution in [3.05, 3.63) is 47.6 Å². The van der Waals surface area contributed by atoms with Gasteiger partial charge in [0.25, 0.3) is 0 Å². The molecule has 3 aromatic rings. The quantitative estimate of drug-likeness (QED) is 0.710. The highest BCUT2D eigenvalue weighted by Gasteiger charge is 2.23. The lowest BCUT2D eigenvalue weighted by molar-refractivity contribution is 0.393. The first-order chi connectivity index (χ1) is 11.6. The van der Waals surface area contributed by atoms with E-state index in [0.29, 0.717) is 6.54 Å². The van der Waals surface area contributed by atoms with Gasteiger partial charge >= 0.3 is 0 Å². The Hall–Kier alpha value is -2.82. The molecule has 0 saturated carbocycles. The van der Waals surface area contributed by atoms with Gasteiger partial charge in [-0.3, -0.25) is 4.99 Å². The molecule has 0 bridgehead atoms. The van der Waals surface area contributed by atoms with Crippen LogP contribution in [0.5, 0.6) is 5.75 Å². The highest BCUT2D eigenvalue weighted by molar-refractivity contribution is 5.87. The second-order valence-corrected chi connectivity index (χ2v) is 5.78. The lowest BCUT2D eigenvalue weighted by Crippen LogP contribution is -1.99. The normalized spacial score (nSPS) is 11.0. The third kappa shape index (κ3) is 2.62. The van der Waals surface area contributed by atoms with Gasteiger partial charge in [0.2, 0.25) is 0 Å². The number of aliphatic imine (C=N–C) groups is 1. The summed E-state index contributed by atoms with van der Waals surface area (Å²) in [4.78, 5) is 4.10. The number of hydrogen-bond donors (Lipinski definition) is 1. The first kappa shape index (κ1) is 16.1. The summed E-state index contributed by atoms with van der Waals surface area (Å²) in [5.74, 6) is 1.03. The number of phenols is 1. The van der Waals surface area contributed by atoms with Crippen molar-refractivity contribution in [1.82, 2.24) is 9.72 Å². The van der Waals surface area contributed by atoms with E-state index in [1.165, 1.54) is 0 Å². The number of aromatic nitrogens is 2. The first-order valence-electron chi connectivity index (χ1n) is 7.94. The molecule has 3 rings (SSSR count). The average Bonchev–Trinajstić information content (AvgIpc) is 3.08. The number of aryl methyl sites for hydroxylation is 3. The van der Waals surface area contributed by atoms with E-state index in [-0.39, 0.29) is 5.75 Å². The number of nitrogens with zero attached hydrogens (tertiary/aromatic N) is 3. The molecule has 0 aliphatic heterocycles. The molecule has 124 valence electrons. The lowest BCUT2D eigenvalue weighted by Gasteiger charge is -2.09. The van der Waals surface area contributed by atoms with Crippen LogP contribution in [0.4, 0.5) is 0 Å². The number of rotatable bonds is 5. The van der Waals surface area contributed by atoms with Crippen molar-refractivity contribution in [2.75, 3.05) is 0 Å². The molecule has 2 aromatic heterocycles. The molecule has 1 aromatic carbocycles. The average molecular weight is 323 g/mol. The van der Waals surface area contributed by atoms with Crippen molar-refractivity contribution in [2.24, 2.45) is 4.99 Å². The van der Waals surface area contributed by atoms with Crippen LogP contribution in [0.15, 0.2) is 40.0 Å². The summed E-state index contributed by atoms with van der Waals surface area (Å²) >= 11 is 0. The van der Waals surface area contributed by atoms with Crippen LogP contribution in [-0.4, -0.2) is 21.5 Å². The molecule has 0 fully saturated rings. The molecule has 0 radical (unpaired) electrons.